The normalized spacial score (nSPS) is 16.9. The minimum atomic E-state index is -0.287. The van der Waals surface area contributed by atoms with E-state index >= 15 is 0 Å². The Labute approximate surface area is 145 Å². The molecular formula is C16H23N5O2S. The Balaban J connectivity index is 1.54. The van der Waals surface area contributed by atoms with E-state index in [2.05, 4.69) is 15.5 Å². The fraction of sp³-hybridized carbons (Fsp3) is 0.562. The molecule has 2 aromatic heterocycles. The van der Waals surface area contributed by atoms with Crippen LogP contribution in [0.15, 0.2) is 28.0 Å². The highest BCUT2D eigenvalue weighted by Crippen LogP contribution is 2.26. The number of nitrogens with zero attached hydrogens (tertiary/aromatic N) is 3. The maximum absolute atomic E-state index is 12.3. The molecule has 1 saturated carbocycles. The Morgan fingerprint density at radius 1 is 1.46 bits per heavy atom. The van der Waals surface area contributed by atoms with Crippen LogP contribution in [0.2, 0.25) is 0 Å². The molecule has 1 aliphatic carbocycles. The van der Waals surface area contributed by atoms with E-state index < -0.39 is 0 Å². The number of amides is 1. The first-order valence-electron chi connectivity index (χ1n) is 8.34. The van der Waals surface area contributed by atoms with Crippen molar-refractivity contribution in [2.75, 3.05) is 12.4 Å². The number of nitrogens with one attached hydrogen (secondary N) is 1. The van der Waals surface area contributed by atoms with E-state index in [4.69, 9.17) is 10.3 Å². The van der Waals surface area contributed by atoms with Crippen LogP contribution in [0.25, 0.3) is 11.6 Å². The van der Waals surface area contributed by atoms with Gasteiger partial charge in [-0.25, -0.2) is 4.68 Å². The van der Waals surface area contributed by atoms with Crippen LogP contribution in [0.1, 0.15) is 39.0 Å². The zero-order chi connectivity index (χ0) is 16.9. The van der Waals surface area contributed by atoms with Crippen molar-refractivity contribution in [2.45, 2.75) is 49.4 Å². The Morgan fingerprint density at radius 3 is 2.96 bits per heavy atom. The molecule has 130 valence electrons. The molecule has 2 heterocycles. The van der Waals surface area contributed by atoms with Crippen LogP contribution in [-0.2, 0) is 4.79 Å². The van der Waals surface area contributed by atoms with E-state index in [0.717, 1.165) is 6.54 Å². The van der Waals surface area contributed by atoms with Gasteiger partial charge in [0.25, 0.3) is 0 Å². The molecule has 8 heteroatoms. The summed E-state index contributed by atoms with van der Waals surface area (Å²) in [5.41, 5.74) is 0. The van der Waals surface area contributed by atoms with E-state index in [1.54, 1.807) is 18.4 Å². The Hall–Kier alpha value is -1.96. The quantitative estimate of drug-likeness (QED) is 0.614. The zero-order valence-corrected chi connectivity index (χ0v) is 14.6. The average molecular weight is 349 g/mol. The van der Waals surface area contributed by atoms with Crippen LogP contribution in [-0.4, -0.2) is 32.6 Å². The molecule has 24 heavy (non-hydrogen) atoms. The molecule has 1 atom stereocenters. The lowest BCUT2D eigenvalue weighted by atomic mass is 9.89. The first kappa shape index (κ1) is 16.9. The molecule has 0 saturated heterocycles. The standard InChI is InChI=1S/C16H23N5O2S/c1-11(15(22)18-10-12-6-3-2-4-7-12)24-16-20-19-14(21(16)17)13-8-5-9-23-13/h5,8-9,11-12H,2-4,6-7,10,17H2,1H3,(H,18,22). The van der Waals surface area contributed by atoms with Crippen molar-refractivity contribution in [3.05, 3.63) is 18.4 Å². The number of nitrogens with two attached hydrogens (primary N) is 1. The van der Waals surface area contributed by atoms with Gasteiger partial charge >= 0.3 is 0 Å². The van der Waals surface area contributed by atoms with Gasteiger partial charge in [-0.2, -0.15) is 0 Å². The third-order valence-corrected chi connectivity index (χ3v) is 5.40. The van der Waals surface area contributed by atoms with Crippen LogP contribution < -0.4 is 11.2 Å². The molecule has 0 bridgehead atoms. The number of hydrogen-bond donors (Lipinski definition) is 2. The Morgan fingerprint density at radius 2 is 2.25 bits per heavy atom. The van der Waals surface area contributed by atoms with E-state index in [1.165, 1.54) is 48.5 Å². The number of thioether (sulfide) groups is 1. The van der Waals surface area contributed by atoms with Crippen molar-refractivity contribution in [2.24, 2.45) is 5.92 Å². The molecular weight excluding hydrogens is 326 g/mol. The van der Waals surface area contributed by atoms with Crippen LogP contribution >= 0.6 is 11.8 Å². The lowest BCUT2D eigenvalue weighted by Gasteiger charge is -2.22. The van der Waals surface area contributed by atoms with E-state index in [-0.39, 0.29) is 11.2 Å². The van der Waals surface area contributed by atoms with E-state index in [9.17, 15) is 4.79 Å². The van der Waals surface area contributed by atoms with Crippen molar-refractivity contribution < 1.29 is 9.21 Å². The molecule has 3 rings (SSSR count). The second-order valence-corrected chi connectivity index (χ2v) is 7.47. The maximum Gasteiger partial charge on any atom is 0.233 e. The smallest absolute Gasteiger partial charge is 0.233 e. The molecule has 0 aromatic carbocycles. The molecule has 0 radical (unpaired) electrons. The number of rotatable bonds is 6. The highest BCUT2D eigenvalue weighted by atomic mass is 32.2. The second-order valence-electron chi connectivity index (χ2n) is 6.16. The molecule has 1 unspecified atom stereocenters. The van der Waals surface area contributed by atoms with Gasteiger partial charge in [-0.1, -0.05) is 31.0 Å². The summed E-state index contributed by atoms with van der Waals surface area (Å²) in [6.07, 6.45) is 7.85. The van der Waals surface area contributed by atoms with E-state index in [0.29, 0.717) is 22.7 Å². The maximum atomic E-state index is 12.3. The molecule has 7 nitrogen and oxygen atoms in total. The van der Waals surface area contributed by atoms with Crippen molar-refractivity contribution >= 4 is 17.7 Å². The summed E-state index contributed by atoms with van der Waals surface area (Å²) in [5, 5.41) is 11.3. The number of aromatic nitrogens is 3. The highest BCUT2D eigenvalue weighted by Gasteiger charge is 2.22. The molecule has 3 N–H and O–H groups in total. The lowest BCUT2D eigenvalue weighted by molar-refractivity contribution is -0.120. The number of hydrogen-bond acceptors (Lipinski definition) is 6. The molecule has 2 aromatic rings. The Kier molecular flexibility index (Phi) is 5.44. The van der Waals surface area contributed by atoms with Gasteiger partial charge in [-0.15, -0.1) is 10.2 Å². The fourth-order valence-corrected chi connectivity index (χ4v) is 3.72. The fourth-order valence-electron chi connectivity index (χ4n) is 2.92. The van der Waals surface area contributed by atoms with Gasteiger partial charge in [0.15, 0.2) is 5.76 Å². The number of furan rings is 1. The first-order chi connectivity index (χ1) is 11.6. The number of carbonyl (C=O) groups excluding carboxylic acids is 1. The zero-order valence-electron chi connectivity index (χ0n) is 13.8. The van der Waals surface area contributed by atoms with E-state index in [1.807, 2.05) is 6.92 Å². The van der Waals surface area contributed by atoms with Gasteiger partial charge in [-0.3, -0.25) is 4.79 Å². The molecule has 1 amide bonds. The summed E-state index contributed by atoms with van der Waals surface area (Å²) >= 11 is 1.29. The SMILES string of the molecule is CC(Sc1nnc(-c2ccco2)n1N)C(=O)NCC1CCCCC1. The van der Waals surface area contributed by atoms with Gasteiger partial charge in [0.2, 0.25) is 16.9 Å². The van der Waals surface area contributed by atoms with Gasteiger partial charge in [-0.05, 0) is 37.8 Å². The highest BCUT2D eigenvalue weighted by molar-refractivity contribution is 8.00. The van der Waals surface area contributed by atoms with Gasteiger partial charge in [0, 0.05) is 6.54 Å². The van der Waals surface area contributed by atoms with Crippen LogP contribution in [0, 0.1) is 5.92 Å². The van der Waals surface area contributed by atoms with Crippen molar-refractivity contribution in [3.8, 4) is 11.6 Å². The van der Waals surface area contributed by atoms with Crippen molar-refractivity contribution in [1.82, 2.24) is 20.2 Å². The largest absolute Gasteiger partial charge is 0.461 e. The average Bonchev–Trinajstić information content (AvgIpc) is 3.24. The van der Waals surface area contributed by atoms with Crippen molar-refractivity contribution in [3.63, 3.8) is 0 Å². The summed E-state index contributed by atoms with van der Waals surface area (Å²) in [6.45, 7) is 2.61. The summed E-state index contributed by atoms with van der Waals surface area (Å²) in [5.74, 6) is 7.62. The predicted octanol–water partition coefficient (Wildman–Crippen LogP) is 2.43. The number of carbonyl (C=O) groups is 1. The lowest BCUT2D eigenvalue weighted by Crippen LogP contribution is -2.35. The first-order valence-corrected chi connectivity index (χ1v) is 9.22. The van der Waals surface area contributed by atoms with Gasteiger partial charge in [0.05, 0.1) is 11.5 Å². The molecule has 1 fully saturated rings. The second kappa shape index (κ2) is 7.74. The monoisotopic (exact) mass is 349 g/mol. The van der Waals surface area contributed by atoms with Crippen LogP contribution in [0.3, 0.4) is 0 Å². The molecule has 0 aliphatic heterocycles. The third kappa shape index (κ3) is 3.92. The number of nitrogen functional groups attached to an aromatic ring is 1. The van der Waals surface area contributed by atoms with Crippen molar-refractivity contribution in [1.29, 1.82) is 0 Å². The van der Waals surface area contributed by atoms with Gasteiger partial charge < -0.3 is 15.6 Å². The Bertz CT molecular complexity index is 664. The van der Waals surface area contributed by atoms with Crippen LogP contribution in [0.5, 0.6) is 0 Å². The minimum Gasteiger partial charge on any atom is -0.461 e. The summed E-state index contributed by atoms with van der Waals surface area (Å²) in [6, 6.07) is 3.53. The summed E-state index contributed by atoms with van der Waals surface area (Å²) < 4.78 is 6.64. The topological polar surface area (TPSA) is 99.0 Å². The van der Waals surface area contributed by atoms with Crippen LogP contribution in [0.4, 0.5) is 0 Å². The third-order valence-electron chi connectivity index (χ3n) is 4.35. The summed E-state index contributed by atoms with van der Waals surface area (Å²) in [4.78, 5) is 12.3. The molecule has 1 aliphatic rings. The predicted molar refractivity (Wildman–Crippen MR) is 92.8 cm³/mol. The molecule has 0 spiro atoms. The van der Waals surface area contributed by atoms with Gasteiger partial charge in [0.1, 0.15) is 0 Å². The summed E-state index contributed by atoms with van der Waals surface area (Å²) in [7, 11) is 0. The minimum absolute atomic E-state index is 0.00752.